The van der Waals surface area contributed by atoms with Crippen molar-refractivity contribution >= 4 is 58.3 Å². The maximum atomic E-state index is 13.9. The Morgan fingerprint density at radius 1 is 0.971 bits per heavy atom. The molecule has 0 bridgehead atoms. The van der Waals surface area contributed by atoms with Crippen LogP contribution in [0.5, 0.6) is 17.2 Å². The second-order valence-corrected chi connectivity index (χ2v) is 7.98. The first-order valence-electron chi connectivity index (χ1n) is 9.31. The van der Waals surface area contributed by atoms with Gasteiger partial charge >= 0.3 is 11.9 Å². The first-order chi connectivity index (χ1) is 16.0. The average molecular weight is 528 g/mol. The van der Waals surface area contributed by atoms with Crippen molar-refractivity contribution in [3.05, 3.63) is 80.5 Å². The van der Waals surface area contributed by atoms with Crippen molar-refractivity contribution in [2.24, 2.45) is 0 Å². The monoisotopic (exact) mass is 526 g/mol. The molecule has 0 spiro atoms. The number of carboxylic acid groups (broad SMARTS) is 1. The van der Waals surface area contributed by atoms with E-state index in [4.69, 9.17) is 44.6 Å². The summed E-state index contributed by atoms with van der Waals surface area (Å²) in [5.74, 6) is -4.61. The quantitative estimate of drug-likeness (QED) is 0.325. The number of halogens is 4. The molecule has 8 nitrogen and oxygen atoms in total. The Morgan fingerprint density at radius 3 is 2.26 bits per heavy atom. The minimum atomic E-state index is -1.69. The van der Waals surface area contributed by atoms with Gasteiger partial charge in [0.2, 0.25) is 0 Å². The predicted octanol–water partition coefficient (Wildman–Crippen LogP) is 5.24. The maximum absolute atomic E-state index is 13.9. The van der Waals surface area contributed by atoms with Crippen LogP contribution in [0.3, 0.4) is 0 Å². The Morgan fingerprint density at radius 2 is 1.65 bits per heavy atom. The summed E-state index contributed by atoms with van der Waals surface area (Å²) in [6.45, 7) is -0.159. The first kappa shape index (κ1) is 25.1. The summed E-state index contributed by atoms with van der Waals surface area (Å²) in [7, 11) is 0. The molecule has 3 aromatic carbocycles. The molecular weight excluding hydrogens is 514 g/mol. The standard InChI is InChI=1S/C22H14Cl3FN2O6/c23-11-2-1-10(17(26)5-11)9-27-20(30)14-8-13(3-4-18(14)29)34-19-15(24)6-12(7-16(19)25)28-21(31)22(32)33/h1-8,29H,9H2,(H,27,30)(H,28,31)(H,32,33). The van der Waals surface area contributed by atoms with Crippen LogP contribution >= 0.6 is 34.8 Å². The van der Waals surface area contributed by atoms with E-state index in [2.05, 4.69) is 10.6 Å². The fourth-order valence-corrected chi connectivity index (χ4v) is 3.45. The Hall–Kier alpha value is -3.53. The normalized spacial score (nSPS) is 10.5. The number of anilines is 1. The van der Waals surface area contributed by atoms with E-state index in [-0.39, 0.29) is 55.7 Å². The summed E-state index contributed by atoms with van der Waals surface area (Å²) < 4.78 is 19.5. The maximum Gasteiger partial charge on any atom is 0.394 e. The smallest absolute Gasteiger partial charge is 0.394 e. The van der Waals surface area contributed by atoms with Gasteiger partial charge in [-0.1, -0.05) is 40.9 Å². The highest BCUT2D eigenvalue weighted by molar-refractivity contribution is 6.39. The molecule has 0 aliphatic rings. The van der Waals surface area contributed by atoms with Crippen LogP contribution in [0.2, 0.25) is 15.1 Å². The van der Waals surface area contributed by atoms with Crippen LogP contribution in [0.1, 0.15) is 15.9 Å². The highest BCUT2D eigenvalue weighted by Crippen LogP contribution is 2.39. The van der Waals surface area contributed by atoms with Crippen LogP contribution in [0.25, 0.3) is 0 Å². The van der Waals surface area contributed by atoms with E-state index in [1.54, 1.807) is 0 Å². The van der Waals surface area contributed by atoms with Crippen LogP contribution in [-0.2, 0) is 16.1 Å². The van der Waals surface area contributed by atoms with Gasteiger partial charge in [0.25, 0.3) is 5.91 Å². The third kappa shape index (κ3) is 6.07. The molecule has 176 valence electrons. The molecule has 0 fully saturated rings. The molecule has 0 atom stereocenters. The van der Waals surface area contributed by atoms with Gasteiger partial charge in [-0.05, 0) is 42.5 Å². The number of benzene rings is 3. The zero-order chi connectivity index (χ0) is 25.0. The molecule has 0 aromatic heterocycles. The molecule has 0 unspecified atom stereocenters. The molecule has 4 N–H and O–H groups in total. The highest BCUT2D eigenvalue weighted by Gasteiger charge is 2.18. The number of carbonyl (C=O) groups is 3. The fraction of sp³-hybridized carbons (Fsp3) is 0.0455. The number of rotatable bonds is 6. The number of ether oxygens (including phenoxy) is 1. The molecule has 0 aliphatic heterocycles. The van der Waals surface area contributed by atoms with Crippen LogP contribution in [0.4, 0.5) is 10.1 Å². The van der Waals surface area contributed by atoms with E-state index in [0.29, 0.717) is 0 Å². The van der Waals surface area contributed by atoms with E-state index < -0.39 is 23.6 Å². The Balaban J connectivity index is 1.77. The second-order valence-electron chi connectivity index (χ2n) is 6.73. The molecule has 3 rings (SSSR count). The van der Waals surface area contributed by atoms with E-state index in [1.165, 1.54) is 42.5 Å². The van der Waals surface area contributed by atoms with Crippen LogP contribution in [0, 0.1) is 5.82 Å². The summed E-state index contributed by atoms with van der Waals surface area (Å²) in [5, 5.41) is 23.4. The SMILES string of the molecule is O=C(O)C(=O)Nc1cc(Cl)c(Oc2ccc(O)c(C(=O)NCc3ccc(Cl)cc3F)c2)c(Cl)c1. The van der Waals surface area contributed by atoms with Crippen molar-refractivity contribution < 1.29 is 33.7 Å². The van der Waals surface area contributed by atoms with Gasteiger partial charge in [-0.15, -0.1) is 0 Å². The summed E-state index contributed by atoms with van der Waals surface area (Å²) in [6, 6.07) is 10.2. The lowest BCUT2D eigenvalue weighted by Crippen LogP contribution is -2.23. The summed E-state index contributed by atoms with van der Waals surface area (Å²) in [6.07, 6.45) is 0. The van der Waals surface area contributed by atoms with Crippen molar-refractivity contribution in [3.63, 3.8) is 0 Å². The van der Waals surface area contributed by atoms with Crippen molar-refractivity contribution in [1.82, 2.24) is 5.32 Å². The summed E-state index contributed by atoms with van der Waals surface area (Å²) in [4.78, 5) is 34.5. The van der Waals surface area contributed by atoms with Crippen LogP contribution in [0.15, 0.2) is 48.5 Å². The van der Waals surface area contributed by atoms with Crippen molar-refractivity contribution in [3.8, 4) is 17.2 Å². The molecule has 12 heteroatoms. The highest BCUT2D eigenvalue weighted by atomic mass is 35.5. The lowest BCUT2D eigenvalue weighted by Gasteiger charge is -2.13. The third-order valence-corrected chi connectivity index (χ3v) is 5.13. The second kappa shape index (κ2) is 10.6. The Kier molecular flexibility index (Phi) is 7.83. The third-order valence-electron chi connectivity index (χ3n) is 4.34. The van der Waals surface area contributed by atoms with Gasteiger partial charge in [-0.25, -0.2) is 9.18 Å². The molecule has 34 heavy (non-hydrogen) atoms. The number of phenols is 1. The number of hydrogen-bond donors (Lipinski definition) is 4. The number of phenolic OH excluding ortho intramolecular Hbond substituents is 1. The topological polar surface area (TPSA) is 125 Å². The lowest BCUT2D eigenvalue weighted by molar-refractivity contribution is -0.147. The zero-order valence-electron chi connectivity index (χ0n) is 16.9. The zero-order valence-corrected chi connectivity index (χ0v) is 19.1. The van der Waals surface area contributed by atoms with Gasteiger partial charge in [-0.2, -0.15) is 0 Å². The van der Waals surface area contributed by atoms with E-state index >= 15 is 0 Å². The molecule has 0 aliphatic carbocycles. The van der Waals surface area contributed by atoms with E-state index in [0.717, 1.165) is 6.07 Å². The Labute approximate surface area is 206 Å². The summed E-state index contributed by atoms with van der Waals surface area (Å²) >= 11 is 18.0. The molecule has 0 radical (unpaired) electrons. The van der Waals surface area contributed by atoms with Gasteiger partial charge < -0.3 is 25.6 Å². The number of amides is 2. The van der Waals surface area contributed by atoms with Crippen LogP contribution in [-0.4, -0.2) is 28.0 Å². The van der Waals surface area contributed by atoms with E-state index in [9.17, 15) is 23.9 Å². The van der Waals surface area contributed by atoms with Gasteiger partial charge in [-0.3, -0.25) is 9.59 Å². The minimum absolute atomic E-state index is 0.0231. The number of aliphatic carboxylic acids is 1. The average Bonchev–Trinajstić information content (AvgIpc) is 2.76. The molecule has 2 amide bonds. The number of hydrogen-bond acceptors (Lipinski definition) is 5. The van der Waals surface area contributed by atoms with Crippen molar-refractivity contribution in [2.75, 3.05) is 5.32 Å². The summed E-state index contributed by atoms with van der Waals surface area (Å²) in [5.41, 5.74) is 0.0534. The first-order valence-corrected chi connectivity index (χ1v) is 10.4. The lowest BCUT2D eigenvalue weighted by atomic mass is 10.1. The van der Waals surface area contributed by atoms with Gasteiger partial charge in [0.05, 0.1) is 15.6 Å². The van der Waals surface area contributed by atoms with Crippen molar-refractivity contribution in [2.45, 2.75) is 6.54 Å². The van der Waals surface area contributed by atoms with Crippen LogP contribution < -0.4 is 15.4 Å². The molecule has 0 saturated carbocycles. The molecule has 0 saturated heterocycles. The van der Waals surface area contributed by atoms with Crippen molar-refractivity contribution in [1.29, 1.82) is 0 Å². The van der Waals surface area contributed by atoms with E-state index in [1.807, 2.05) is 0 Å². The number of carboxylic acids is 1. The predicted molar refractivity (Wildman–Crippen MR) is 123 cm³/mol. The van der Waals surface area contributed by atoms with Gasteiger partial charge in [0.15, 0.2) is 5.75 Å². The minimum Gasteiger partial charge on any atom is -0.507 e. The number of nitrogens with one attached hydrogen (secondary N) is 2. The van der Waals surface area contributed by atoms with Gasteiger partial charge in [0.1, 0.15) is 17.3 Å². The van der Waals surface area contributed by atoms with Gasteiger partial charge in [0, 0.05) is 22.8 Å². The largest absolute Gasteiger partial charge is 0.507 e. The molecular formula is C22H14Cl3FN2O6. The number of aromatic hydroxyl groups is 1. The molecule has 0 heterocycles. The fourth-order valence-electron chi connectivity index (χ4n) is 2.73. The molecule has 3 aromatic rings. The Bertz CT molecular complexity index is 1280. The number of carbonyl (C=O) groups excluding carboxylic acids is 2.